The minimum atomic E-state index is -3.45. The van der Waals surface area contributed by atoms with E-state index in [-0.39, 0.29) is 17.6 Å². The first-order chi connectivity index (χ1) is 19.7. The molecule has 3 aromatic rings. The fraction of sp³-hybridized carbons (Fsp3) is 0.419. The van der Waals surface area contributed by atoms with Crippen molar-refractivity contribution in [2.45, 2.75) is 56.8 Å². The highest BCUT2D eigenvalue weighted by Gasteiger charge is 2.45. The van der Waals surface area contributed by atoms with Crippen LogP contribution >= 0.6 is 23.2 Å². The molecule has 7 nitrogen and oxygen atoms in total. The molecule has 0 N–H and O–H groups in total. The van der Waals surface area contributed by atoms with Crippen LogP contribution in [0.5, 0.6) is 0 Å². The van der Waals surface area contributed by atoms with E-state index >= 15 is 0 Å². The Morgan fingerprint density at radius 1 is 1.12 bits per heavy atom. The van der Waals surface area contributed by atoms with Gasteiger partial charge in [-0.25, -0.2) is 8.42 Å². The number of carbonyl (C=O) groups is 1. The summed E-state index contributed by atoms with van der Waals surface area (Å²) < 4.78 is 36.6. The third-order valence-corrected chi connectivity index (χ3v) is 10.6. The molecule has 2 heterocycles. The van der Waals surface area contributed by atoms with Gasteiger partial charge in [0.05, 0.1) is 28.5 Å². The first kappa shape index (κ1) is 28.5. The zero-order valence-electron chi connectivity index (χ0n) is 22.6. The first-order valence-corrected chi connectivity index (χ1v) is 16.6. The van der Waals surface area contributed by atoms with E-state index in [1.807, 2.05) is 18.2 Å². The summed E-state index contributed by atoms with van der Waals surface area (Å²) in [7, 11) is -3.45. The minimum absolute atomic E-state index is 0.0610. The number of sulfone groups is 1. The number of benzene rings is 2. The molecule has 0 amide bonds. The normalized spacial score (nSPS) is 21.9. The molecule has 2 saturated carbocycles. The van der Waals surface area contributed by atoms with Gasteiger partial charge >= 0.3 is 0 Å². The monoisotopic (exact) mass is 614 g/mol. The van der Waals surface area contributed by atoms with E-state index < -0.39 is 15.6 Å². The van der Waals surface area contributed by atoms with Crippen LogP contribution in [0, 0.1) is 5.92 Å². The lowest BCUT2D eigenvalue weighted by Crippen LogP contribution is -2.38. The largest absolute Gasteiger partial charge is 0.373 e. The van der Waals surface area contributed by atoms with Gasteiger partial charge in [0.15, 0.2) is 15.6 Å². The zero-order valence-corrected chi connectivity index (χ0v) is 24.9. The minimum Gasteiger partial charge on any atom is -0.373 e. The number of allylic oxidation sites excluding steroid dienone is 1. The van der Waals surface area contributed by atoms with Gasteiger partial charge in [-0.1, -0.05) is 40.5 Å². The van der Waals surface area contributed by atoms with Crippen molar-refractivity contribution in [1.29, 1.82) is 0 Å². The summed E-state index contributed by atoms with van der Waals surface area (Å²) in [5, 5.41) is 5.44. The van der Waals surface area contributed by atoms with Crippen molar-refractivity contribution in [3.63, 3.8) is 0 Å². The van der Waals surface area contributed by atoms with Crippen molar-refractivity contribution >= 4 is 44.5 Å². The number of hydrogen-bond acceptors (Lipinski definition) is 7. The molecule has 10 heteroatoms. The van der Waals surface area contributed by atoms with Crippen molar-refractivity contribution < 1.29 is 22.5 Å². The van der Waals surface area contributed by atoms with Gasteiger partial charge in [-0.3, -0.25) is 4.79 Å². The van der Waals surface area contributed by atoms with Gasteiger partial charge in [0.2, 0.25) is 0 Å². The maximum absolute atomic E-state index is 12.6. The highest BCUT2D eigenvalue weighted by atomic mass is 35.5. The average molecular weight is 616 g/mol. The number of ether oxygens (including phenoxy) is 1. The molecule has 2 aliphatic carbocycles. The summed E-state index contributed by atoms with van der Waals surface area (Å²) in [5.41, 5.74) is 3.73. The summed E-state index contributed by atoms with van der Waals surface area (Å²) in [4.78, 5) is 14.9. The van der Waals surface area contributed by atoms with Crippen LogP contribution < -0.4 is 4.90 Å². The van der Waals surface area contributed by atoms with Crippen molar-refractivity contribution in [3.8, 4) is 11.3 Å². The lowest BCUT2D eigenvalue weighted by atomic mass is 10.0. The van der Waals surface area contributed by atoms with E-state index in [1.54, 1.807) is 30.3 Å². The van der Waals surface area contributed by atoms with Crippen LogP contribution in [0.2, 0.25) is 10.0 Å². The lowest BCUT2D eigenvalue weighted by molar-refractivity contribution is 0.0122. The Morgan fingerprint density at radius 2 is 1.85 bits per heavy atom. The Labute approximate surface area is 250 Å². The second-order valence-corrected chi connectivity index (χ2v) is 14.3. The highest BCUT2D eigenvalue weighted by Crippen LogP contribution is 2.47. The lowest BCUT2D eigenvalue weighted by Gasteiger charge is -2.33. The Bertz CT molecular complexity index is 1550. The Morgan fingerprint density at radius 3 is 2.49 bits per heavy atom. The van der Waals surface area contributed by atoms with E-state index in [9.17, 15) is 13.2 Å². The number of anilines is 1. The first-order valence-electron chi connectivity index (χ1n) is 14.0. The molecule has 2 bridgehead atoms. The summed E-state index contributed by atoms with van der Waals surface area (Å²) in [6, 6.07) is 13.1. The van der Waals surface area contributed by atoms with E-state index in [0.29, 0.717) is 57.8 Å². The third kappa shape index (κ3) is 5.98. The highest BCUT2D eigenvalue weighted by molar-refractivity contribution is 7.92. The quantitative estimate of drug-likeness (QED) is 0.162. The molecular formula is C31H32Cl2N2O5S. The number of piperidine rings is 1. The van der Waals surface area contributed by atoms with Crippen molar-refractivity contribution in [2.24, 2.45) is 5.92 Å². The molecule has 2 aromatic carbocycles. The van der Waals surface area contributed by atoms with Gasteiger partial charge in [0.1, 0.15) is 17.2 Å². The van der Waals surface area contributed by atoms with Crippen LogP contribution in [0.1, 0.15) is 59.7 Å². The number of halogens is 2. The van der Waals surface area contributed by atoms with Gasteiger partial charge in [0.25, 0.3) is 0 Å². The van der Waals surface area contributed by atoms with Crippen LogP contribution in [0.15, 0.2) is 59.6 Å². The molecule has 1 aromatic heterocycles. The van der Waals surface area contributed by atoms with Crippen LogP contribution in [0.3, 0.4) is 0 Å². The molecule has 216 valence electrons. The SMILES string of the molecule is C=CCCS(=O)(=O)CC(=O)c1ccc(N2C[C@@H]3C[C@H]2C[C@H]3OCc2c(-c3c(Cl)cccc3Cl)noc2C2CC2)cc1. The van der Waals surface area contributed by atoms with E-state index in [4.69, 9.17) is 32.5 Å². The number of Topliss-reactive ketones (excluding diaryl/α,β-unsaturated/α-hetero) is 1. The topological polar surface area (TPSA) is 89.7 Å². The molecular weight excluding hydrogens is 583 g/mol. The van der Waals surface area contributed by atoms with Crippen LogP contribution in [0.4, 0.5) is 5.69 Å². The van der Waals surface area contributed by atoms with Crippen molar-refractivity contribution in [1.82, 2.24) is 5.16 Å². The predicted octanol–water partition coefficient (Wildman–Crippen LogP) is 6.88. The standard InChI is InChI=1S/C31H32Cl2N2O5S/c1-2-3-13-41(37,38)18-27(36)19-9-11-22(12-10-19)35-16-21-14-23(35)15-28(21)39-17-24-30(34-40-31(24)20-7-8-20)29-25(32)5-4-6-26(29)33/h2,4-6,9-12,20-21,23,28H,1,3,7-8,13-18H2/t21-,23-,28+/m0/s1. The van der Waals surface area contributed by atoms with Crippen molar-refractivity contribution in [3.05, 3.63) is 82.1 Å². The fourth-order valence-electron chi connectivity index (χ4n) is 6.12. The summed E-state index contributed by atoms with van der Waals surface area (Å²) in [5.74, 6) is 0.709. The van der Waals surface area contributed by atoms with E-state index in [0.717, 1.165) is 49.2 Å². The molecule has 3 aliphatic rings. The van der Waals surface area contributed by atoms with Gasteiger partial charge in [-0.2, -0.15) is 0 Å². The predicted molar refractivity (Wildman–Crippen MR) is 161 cm³/mol. The van der Waals surface area contributed by atoms with E-state index in [1.165, 1.54) is 0 Å². The number of aromatic nitrogens is 1. The third-order valence-electron chi connectivity index (χ3n) is 8.39. The Kier molecular flexibility index (Phi) is 8.02. The molecule has 3 fully saturated rings. The fourth-order valence-corrected chi connectivity index (χ4v) is 7.93. The molecule has 0 radical (unpaired) electrons. The number of nitrogens with zero attached hydrogens (tertiary/aromatic N) is 2. The smallest absolute Gasteiger partial charge is 0.177 e. The average Bonchev–Trinajstić information content (AvgIpc) is 3.40. The maximum atomic E-state index is 12.6. The van der Waals surface area contributed by atoms with Crippen LogP contribution in [0.25, 0.3) is 11.3 Å². The molecule has 0 spiro atoms. The van der Waals surface area contributed by atoms with Gasteiger partial charge in [0, 0.05) is 46.8 Å². The summed E-state index contributed by atoms with van der Waals surface area (Å²) in [6.45, 7) is 4.80. The van der Waals surface area contributed by atoms with Crippen LogP contribution in [-0.4, -0.2) is 49.6 Å². The zero-order chi connectivity index (χ0) is 28.7. The van der Waals surface area contributed by atoms with Gasteiger partial charge in [-0.15, -0.1) is 6.58 Å². The van der Waals surface area contributed by atoms with Crippen molar-refractivity contribution in [2.75, 3.05) is 23.0 Å². The van der Waals surface area contributed by atoms with Crippen LogP contribution in [-0.2, 0) is 21.2 Å². The second kappa shape index (κ2) is 11.6. The number of carbonyl (C=O) groups excluding carboxylic acids is 1. The Balaban J connectivity index is 1.09. The molecule has 1 saturated heterocycles. The molecule has 1 aliphatic heterocycles. The molecule has 0 unspecified atom stereocenters. The van der Waals surface area contributed by atoms with E-state index in [2.05, 4.69) is 16.6 Å². The number of hydrogen-bond donors (Lipinski definition) is 0. The molecule has 41 heavy (non-hydrogen) atoms. The summed E-state index contributed by atoms with van der Waals surface area (Å²) >= 11 is 13.0. The number of fused-ring (bicyclic) bond motifs is 2. The molecule has 6 rings (SSSR count). The number of ketones is 1. The Hall–Kier alpha value is -2.65. The second-order valence-electron chi connectivity index (χ2n) is 11.3. The maximum Gasteiger partial charge on any atom is 0.177 e. The van der Waals surface area contributed by atoms with Gasteiger partial charge < -0.3 is 14.2 Å². The molecule has 3 atom stereocenters. The number of rotatable bonds is 12. The van der Waals surface area contributed by atoms with Gasteiger partial charge in [-0.05, 0) is 68.5 Å². The summed E-state index contributed by atoms with van der Waals surface area (Å²) in [6.07, 6.45) is 6.11.